The molecule has 0 aromatic heterocycles. The fourth-order valence-electron chi connectivity index (χ4n) is 2.50. The summed E-state index contributed by atoms with van der Waals surface area (Å²) < 4.78 is 5.38. The van der Waals surface area contributed by atoms with E-state index in [1.165, 1.54) is 31.5 Å². The molecule has 2 rings (SSSR count). The van der Waals surface area contributed by atoms with E-state index in [1.807, 2.05) is 13.1 Å². The molecule has 0 aromatic rings. The minimum absolute atomic E-state index is 0.0747. The first-order chi connectivity index (χ1) is 9.25. The summed E-state index contributed by atoms with van der Waals surface area (Å²) in [4.78, 5) is 16.1. The van der Waals surface area contributed by atoms with Crippen molar-refractivity contribution in [2.24, 2.45) is 0 Å². The first-order valence-electron chi connectivity index (χ1n) is 7.15. The average molecular weight is 264 g/mol. The summed E-state index contributed by atoms with van der Waals surface area (Å²) in [5.41, 5.74) is 1.20. The Bertz CT molecular complexity index is 357. The molecule has 0 N–H and O–H groups in total. The molecule has 1 fully saturated rings. The monoisotopic (exact) mass is 264 g/mol. The zero-order valence-electron chi connectivity index (χ0n) is 11.8. The van der Waals surface area contributed by atoms with E-state index in [0.29, 0.717) is 13.2 Å². The zero-order valence-corrected chi connectivity index (χ0v) is 11.8. The minimum atomic E-state index is 0.0747. The molecule has 0 saturated carbocycles. The van der Waals surface area contributed by atoms with Gasteiger partial charge in [-0.05, 0) is 37.9 Å². The quantitative estimate of drug-likeness (QED) is 0.556. The Labute approximate surface area is 115 Å². The Morgan fingerprint density at radius 2 is 2.26 bits per heavy atom. The van der Waals surface area contributed by atoms with Crippen molar-refractivity contribution in [1.82, 2.24) is 9.80 Å². The maximum Gasteiger partial charge on any atom is 0.246 e. The number of hydrogen-bond acceptors (Lipinski definition) is 3. The van der Waals surface area contributed by atoms with Gasteiger partial charge in [-0.15, -0.1) is 0 Å². The molecule has 0 radical (unpaired) electrons. The van der Waals surface area contributed by atoms with E-state index in [9.17, 15) is 4.79 Å². The molecule has 19 heavy (non-hydrogen) atoms. The fourth-order valence-corrected chi connectivity index (χ4v) is 2.50. The van der Waals surface area contributed by atoms with E-state index in [4.69, 9.17) is 4.74 Å². The second-order valence-electron chi connectivity index (χ2n) is 5.31. The van der Waals surface area contributed by atoms with Crippen molar-refractivity contribution < 1.29 is 9.53 Å². The number of amides is 1. The van der Waals surface area contributed by atoms with Gasteiger partial charge < -0.3 is 9.64 Å². The predicted octanol–water partition coefficient (Wildman–Crippen LogP) is 1.44. The van der Waals surface area contributed by atoms with Crippen LogP contribution in [0, 0.1) is 0 Å². The predicted molar refractivity (Wildman–Crippen MR) is 76.0 cm³/mol. The first-order valence-corrected chi connectivity index (χ1v) is 7.15. The molecule has 0 atom stereocenters. The smallest absolute Gasteiger partial charge is 0.246 e. The van der Waals surface area contributed by atoms with Gasteiger partial charge in [-0.25, -0.2) is 0 Å². The number of likely N-dealkylation sites (tertiary alicyclic amines) is 1. The highest BCUT2D eigenvalue weighted by Gasteiger charge is 2.11. The van der Waals surface area contributed by atoms with Crippen LogP contribution < -0.4 is 0 Å². The molecular weight excluding hydrogens is 240 g/mol. The molecule has 1 saturated heterocycles. The SMILES string of the molecule is CN(CC1=CCCOC1)C(=O)/C=C/CN1CCCC1. The highest BCUT2D eigenvalue weighted by Crippen LogP contribution is 2.08. The third-order valence-corrected chi connectivity index (χ3v) is 3.62. The molecule has 2 heterocycles. The van der Waals surface area contributed by atoms with Crippen molar-refractivity contribution in [3.8, 4) is 0 Å². The summed E-state index contributed by atoms with van der Waals surface area (Å²) >= 11 is 0. The van der Waals surface area contributed by atoms with E-state index in [-0.39, 0.29) is 5.91 Å². The first kappa shape index (κ1) is 14.3. The van der Waals surface area contributed by atoms with Crippen molar-refractivity contribution >= 4 is 5.91 Å². The van der Waals surface area contributed by atoms with Crippen molar-refractivity contribution in [3.05, 3.63) is 23.8 Å². The molecule has 4 heteroatoms. The molecule has 0 aromatic carbocycles. The Morgan fingerprint density at radius 1 is 1.47 bits per heavy atom. The normalized spacial score (nSPS) is 20.8. The van der Waals surface area contributed by atoms with Gasteiger partial charge in [0, 0.05) is 26.2 Å². The lowest BCUT2D eigenvalue weighted by Gasteiger charge is -2.20. The standard InChI is InChI=1S/C15H24N2O2/c1-16(12-14-6-5-11-19-13-14)15(18)7-4-10-17-8-2-3-9-17/h4,6-7H,2-3,5,8-13H2,1H3/b7-4+. The number of carbonyl (C=O) groups excluding carboxylic acids is 1. The Kier molecular flexibility index (Phi) is 5.61. The number of rotatable bonds is 5. The van der Waals surface area contributed by atoms with Crippen LogP contribution in [0.1, 0.15) is 19.3 Å². The van der Waals surface area contributed by atoms with E-state index in [2.05, 4.69) is 11.0 Å². The summed E-state index contributed by atoms with van der Waals surface area (Å²) in [6.45, 7) is 5.36. The fraction of sp³-hybridized carbons (Fsp3) is 0.667. The van der Waals surface area contributed by atoms with E-state index < -0.39 is 0 Å². The van der Waals surface area contributed by atoms with Gasteiger partial charge >= 0.3 is 0 Å². The number of carbonyl (C=O) groups is 1. The van der Waals surface area contributed by atoms with Crippen LogP contribution >= 0.6 is 0 Å². The lowest BCUT2D eigenvalue weighted by atomic mass is 10.2. The zero-order chi connectivity index (χ0) is 13.5. The van der Waals surface area contributed by atoms with Crippen molar-refractivity contribution in [3.63, 3.8) is 0 Å². The molecular formula is C15H24N2O2. The van der Waals surface area contributed by atoms with Crippen molar-refractivity contribution in [2.45, 2.75) is 19.3 Å². The Morgan fingerprint density at radius 3 is 2.95 bits per heavy atom. The lowest BCUT2D eigenvalue weighted by molar-refractivity contribution is -0.124. The van der Waals surface area contributed by atoms with Crippen LogP contribution in [-0.4, -0.2) is 62.1 Å². The Hall–Kier alpha value is -1.13. The molecule has 0 bridgehead atoms. The number of ether oxygens (including phenoxy) is 1. The van der Waals surface area contributed by atoms with Gasteiger partial charge in [0.15, 0.2) is 0 Å². The van der Waals surface area contributed by atoms with Gasteiger partial charge in [-0.2, -0.15) is 0 Å². The minimum Gasteiger partial charge on any atom is -0.377 e. The van der Waals surface area contributed by atoms with E-state index >= 15 is 0 Å². The third kappa shape index (κ3) is 4.80. The second kappa shape index (κ2) is 7.46. The van der Waals surface area contributed by atoms with Crippen molar-refractivity contribution in [1.29, 1.82) is 0 Å². The van der Waals surface area contributed by atoms with E-state index in [0.717, 1.165) is 19.6 Å². The maximum atomic E-state index is 11.9. The van der Waals surface area contributed by atoms with Crippen LogP contribution in [0.5, 0.6) is 0 Å². The van der Waals surface area contributed by atoms with Gasteiger partial charge in [0.2, 0.25) is 5.91 Å². The van der Waals surface area contributed by atoms with E-state index in [1.54, 1.807) is 11.0 Å². The molecule has 2 aliphatic heterocycles. The van der Waals surface area contributed by atoms with Crippen molar-refractivity contribution in [2.75, 3.05) is 46.4 Å². The topological polar surface area (TPSA) is 32.8 Å². The van der Waals surface area contributed by atoms with Gasteiger partial charge in [0.25, 0.3) is 0 Å². The average Bonchev–Trinajstić information content (AvgIpc) is 2.93. The highest BCUT2D eigenvalue weighted by atomic mass is 16.5. The van der Waals surface area contributed by atoms with Gasteiger partial charge in [-0.3, -0.25) is 9.69 Å². The third-order valence-electron chi connectivity index (χ3n) is 3.62. The van der Waals surface area contributed by atoms with Crippen LogP contribution in [0.2, 0.25) is 0 Å². The van der Waals surface area contributed by atoms with Gasteiger partial charge in [0.1, 0.15) is 0 Å². The largest absolute Gasteiger partial charge is 0.377 e. The molecule has 4 nitrogen and oxygen atoms in total. The molecule has 1 amide bonds. The van der Waals surface area contributed by atoms with Crippen LogP contribution in [-0.2, 0) is 9.53 Å². The number of hydrogen-bond donors (Lipinski definition) is 0. The second-order valence-corrected chi connectivity index (χ2v) is 5.31. The summed E-state index contributed by atoms with van der Waals surface area (Å²) in [5.74, 6) is 0.0747. The maximum absolute atomic E-state index is 11.9. The Balaban J connectivity index is 1.71. The molecule has 0 unspecified atom stereocenters. The van der Waals surface area contributed by atoms with Crippen LogP contribution in [0.25, 0.3) is 0 Å². The van der Waals surface area contributed by atoms with Crippen LogP contribution in [0.15, 0.2) is 23.8 Å². The molecule has 106 valence electrons. The molecule has 0 aliphatic carbocycles. The summed E-state index contributed by atoms with van der Waals surface area (Å²) in [6, 6.07) is 0. The van der Waals surface area contributed by atoms with Crippen LogP contribution in [0.3, 0.4) is 0 Å². The number of nitrogens with zero attached hydrogens (tertiary/aromatic N) is 2. The van der Waals surface area contributed by atoms with Gasteiger partial charge in [0.05, 0.1) is 13.2 Å². The van der Waals surface area contributed by atoms with Crippen LogP contribution in [0.4, 0.5) is 0 Å². The summed E-state index contributed by atoms with van der Waals surface area (Å²) in [6.07, 6.45) is 9.40. The molecule has 2 aliphatic rings. The summed E-state index contributed by atoms with van der Waals surface area (Å²) in [5, 5.41) is 0. The highest BCUT2D eigenvalue weighted by molar-refractivity contribution is 5.87. The summed E-state index contributed by atoms with van der Waals surface area (Å²) in [7, 11) is 1.85. The number of likely N-dealkylation sites (N-methyl/N-ethyl adjacent to an activating group) is 1. The molecule has 0 spiro atoms. The lowest BCUT2D eigenvalue weighted by Crippen LogP contribution is -2.29. The van der Waals surface area contributed by atoms with Gasteiger partial charge in [-0.1, -0.05) is 12.2 Å².